The number of hydrogen-bond donors (Lipinski definition) is 1. The number of carbonyl (C=O) groups is 2. The van der Waals surface area contributed by atoms with Gasteiger partial charge in [-0.3, -0.25) is 9.59 Å². The number of ether oxygens (including phenoxy) is 4. The van der Waals surface area contributed by atoms with Gasteiger partial charge in [0.2, 0.25) is 17.6 Å². The average molecular weight is 485 g/mol. The fourth-order valence-corrected chi connectivity index (χ4v) is 4.48. The fraction of sp³-hybridized carbons (Fsp3) is 0.481. The van der Waals surface area contributed by atoms with Gasteiger partial charge in [-0.15, -0.1) is 0 Å². The molecule has 0 aromatic heterocycles. The third-order valence-corrected chi connectivity index (χ3v) is 6.34. The van der Waals surface area contributed by atoms with Gasteiger partial charge in [-0.05, 0) is 36.5 Å². The summed E-state index contributed by atoms with van der Waals surface area (Å²) in [6, 6.07) is 10.5. The molecule has 0 bridgehead atoms. The van der Waals surface area contributed by atoms with E-state index in [1.165, 1.54) is 21.3 Å². The van der Waals surface area contributed by atoms with E-state index < -0.39 is 12.0 Å². The Morgan fingerprint density at radius 1 is 1.00 bits per heavy atom. The number of hydrogen-bond acceptors (Lipinski definition) is 6. The quantitative estimate of drug-likeness (QED) is 0.539. The van der Waals surface area contributed by atoms with Crippen LogP contribution in [0.1, 0.15) is 44.7 Å². The van der Waals surface area contributed by atoms with Gasteiger partial charge in [-0.1, -0.05) is 26.0 Å². The first-order valence-corrected chi connectivity index (χ1v) is 11.9. The number of nitrogens with zero attached hydrogens (tertiary/aromatic N) is 1. The summed E-state index contributed by atoms with van der Waals surface area (Å²) in [5.74, 6) is 1.94. The summed E-state index contributed by atoms with van der Waals surface area (Å²) in [7, 11) is 6.20. The molecule has 1 aliphatic rings. The van der Waals surface area contributed by atoms with Crippen molar-refractivity contribution < 1.29 is 28.5 Å². The highest BCUT2D eigenvalue weighted by Crippen LogP contribution is 2.46. The molecule has 2 amide bonds. The van der Waals surface area contributed by atoms with Gasteiger partial charge in [0.25, 0.3) is 0 Å². The van der Waals surface area contributed by atoms with E-state index in [-0.39, 0.29) is 18.2 Å². The van der Waals surface area contributed by atoms with Gasteiger partial charge in [0, 0.05) is 25.1 Å². The second kappa shape index (κ2) is 11.8. The van der Waals surface area contributed by atoms with E-state index in [9.17, 15) is 9.59 Å². The lowest BCUT2D eigenvalue weighted by Gasteiger charge is -2.41. The Balaban J connectivity index is 2.09. The molecule has 1 saturated heterocycles. The van der Waals surface area contributed by atoms with E-state index in [1.807, 2.05) is 24.3 Å². The van der Waals surface area contributed by atoms with Gasteiger partial charge >= 0.3 is 0 Å². The molecule has 1 N–H and O–H groups in total. The molecule has 0 spiro atoms. The highest BCUT2D eigenvalue weighted by Gasteiger charge is 2.42. The lowest BCUT2D eigenvalue weighted by Crippen LogP contribution is -2.48. The Kier molecular flexibility index (Phi) is 8.84. The predicted octanol–water partition coefficient (Wildman–Crippen LogP) is 4.37. The smallest absolute Gasteiger partial charge is 0.227 e. The van der Waals surface area contributed by atoms with E-state index in [1.54, 1.807) is 24.1 Å². The summed E-state index contributed by atoms with van der Waals surface area (Å²) < 4.78 is 21.8. The summed E-state index contributed by atoms with van der Waals surface area (Å²) in [6.45, 7) is 4.84. The molecular weight excluding hydrogens is 448 g/mol. The van der Waals surface area contributed by atoms with Crippen LogP contribution in [0.5, 0.6) is 23.0 Å². The van der Waals surface area contributed by atoms with Crippen LogP contribution < -0.4 is 29.2 Å². The van der Waals surface area contributed by atoms with Gasteiger partial charge in [0.1, 0.15) is 5.75 Å². The van der Waals surface area contributed by atoms with Crippen molar-refractivity contribution in [2.45, 2.75) is 39.2 Å². The molecule has 3 rings (SSSR count). The Hall–Kier alpha value is -3.42. The van der Waals surface area contributed by atoms with E-state index in [0.29, 0.717) is 47.6 Å². The van der Waals surface area contributed by atoms with Gasteiger partial charge in [0.05, 0.1) is 46.1 Å². The van der Waals surface area contributed by atoms with Crippen LogP contribution in [-0.2, 0) is 9.59 Å². The summed E-state index contributed by atoms with van der Waals surface area (Å²) >= 11 is 0. The number of rotatable bonds is 10. The zero-order valence-corrected chi connectivity index (χ0v) is 21.4. The Bertz CT molecular complexity index is 996. The minimum absolute atomic E-state index is 0.0589. The summed E-state index contributed by atoms with van der Waals surface area (Å²) in [4.78, 5) is 28.4. The van der Waals surface area contributed by atoms with Crippen LogP contribution in [0.25, 0.3) is 0 Å². The van der Waals surface area contributed by atoms with Crippen molar-refractivity contribution in [1.82, 2.24) is 5.32 Å². The van der Waals surface area contributed by atoms with Crippen molar-refractivity contribution in [3.8, 4) is 23.0 Å². The van der Waals surface area contributed by atoms with Gasteiger partial charge < -0.3 is 29.2 Å². The van der Waals surface area contributed by atoms with Crippen LogP contribution in [0.3, 0.4) is 0 Å². The minimum atomic E-state index is -0.510. The number of nitrogens with one attached hydrogen (secondary N) is 1. The van der Waals surface area contributed by atoms with Crippen molar-refractivity contribution in [2.75, 3.05) is 39.9 Å². The van der Waals surface area contributed by atoms with Crippen molar-refractivity contribution in [3.05, 3.63) is 42.0 Å². The Labute approximate surface area is 207 Å². The molecule has 0 saturated carbocycles. The van der Waals surface area contributed by atoms with Crippen LogP contribution in [0.4, 0.5) is 5.69 Å². The lowest BCUT2D eigenvalue weighted by molar-refractivity contribution is -0.129. The summed E-state index contributed by atoms with van der Waals surface area (Å²) in [5.41, 5.74) is 1.42. The molecule has 2 atom stereocenters. The first kappa shape index (κ1) is 26.2. The molecule has 35 heavy (non-hydrogen) atoms. The fourth-order valence-electron chi connectivity index (χ4n) is 4.48. The minimum Gasteiger partial charge on any atom is -0.497 e. The number of carbonyl (C=O) groups excluding carboxylic acids is 2. The van der Waals surface area contributed by atoms with Crippen LogP contribution in [0.15, 0.2) is 36.4 Å². The second-order valence-corrected chi connectivity index (χ2v) is 8.98. The lowest BCUT2D eigenvalue weighted by atomic mass is 9.83. The molecule has 1 heterocycles. The predicted molar refractivity (Wildman–Crippen MR) is 135 cm³/mol. The van der Waals surface area contributed by atoms with Crippen molar-refractivity contribution >= 4 is 17.5 Å². The number of benzene rings is 2. The molecule has 8 nitrogen and oxygen atoms in total. The highest BCUT2D eigenvalue weighted by molar-refractivity contribution is 5.98. The molecule has 0 radical (unpaired) electrons. The number of amides is 2. The molecule has 2 aromatic rings. The molecule has 0 aliphatic carbocycles. The Morgan fingerprint density at radius 2 is 1.63 bits per heavy atom. The maximum Gasteiger partial charge on any atom is 0.227 e. The van der Waals surface area contributed by atoms with Crippen molar-refractivity contribution in [3.63, 3.8) is 0 Å². The molecule has 2 aromatic carbocycles. The molecule has 190 valence electrons. The number of piperidine rings is 1. The van der Waals surface area contributed by atoms with Gasteiger partial charge in [-0.25, -0.2) is 0 Å². The van der Waals surface area contributed by atoms with Gasteiger partial charge in [-0.2, -0.15) is 0 Å². The second-order valence-electron chi connectivity index (χ2n) is 8.98. The van der Waals surface area contributed by atoms with Crippen LogP contribution in [0, 0.1) is 11.8 Å². The largest absolute Gasteiger partial charge is 0.497 e. The van der Waals surface area contributed by atoms with E-state index in [2.05, 4.69) is 19.2 Å². The molecule has 0 unspecified atom stereocenters. The van der Waals surface area contributed by atoms with E-state index in [4.69, 9.17) is 18.9 Å². The zero-order valence-electron chi connectivity index (χ0n) is 21.4. The first-order chi connectivity index (χ1) is 16.8. The maximum absolute atomic E-state index is 13.4. The van der Waals surface area contributed by atoms with E-state index in [0.717, 1.165) is 12.0 Å². The normalized spacial score (nSPS) is 17.8. The number of methoxy groups -OCH3 is 4. The summed E-state index contributed by atoms with van der Waals surface area (Å²) in [6.07, 6.45) is 1.61. The summed E-state index contributed by atoms with van der Waals surface area (Å²) in [5, 5.41) is 3.09. The third kappa shape index (κ3) is 5.81. The van der Waals surface area contributed by atoms with Gasteiger partial charge in [0.15, 0.2) is 11.5 Å². The topological polar surface area (TPSA) is 86.3 Å². The SMILES string of the molecule is COc1ccc([C@@H]2[C@@H](C(=O)NCCC(C)C)CCC(=O)N2c2cc(OC)c(OC)c(OC)c2)cc1. The Morgan fingerprint density at radius 3 is 2.14 bits per heavy atom. The number of anilines is 1. The van der Waals surface area contributed by atoms with Crippen molar-refractivity contribution in [2.24, 2.45) is 11.8 Å². The molecule has 1 fully saturated rings. The van der Waals surface area contributed by atoms with E-state index >= 15 is 0 Å². The maximum atomic E-state index is 13.4. The van der Waals surface area contributed by atoms with Crippen LogP contribution >= 0.6 is 0 Å². The molecule has 8 heteroatoms. The third-order valence-electron chi connectivity index (χ3n) is 6.34. The average Bonchev–Trinajstić information content (AvgIpc) is 2.87. The monoisotopic (exact) mass is 484 g/mol. The molecular formula is C27H36N2O6. The van der Waals surface area contributed by atoms with Crippen molar-refractivity contribution in [1.29, 1.82) is 0 Å². The van der Waals surface area contributed by atoms with Crippen LogP contribution in [0.2, 0.25) is 0 Å². The van der Waals surface area contributed by atoms with Crippen LogP contribution in [-0.4, -0.2) is 46.8 Å². The molecule has 1 aliphatic heterocycles. The standard InChI is InChI=1S/C27H36N2O6/c1-17(2)13-14-28-27(31)21-11-12-24(30)29(25(21)18-7-9-20(32-3)10-8-18)19-15-22(33-4)26(35-6)23(16-19)34-5/h7-10,15-17,21,25H,11-14H2,1-6H3,(H,28,31)/t21-,25+/m0/s1. The zero-order chi connectivity index (χ0) is 25.5. The highest BCUT2D eigenvalue weighted by atomic mass is 16.5. The first-order valence-electron chi connectivity index (χ1n) is 11.9.